The van der Waals surface area contributed by atoms with Gasteiger partial charge in [-0.2, -0.15) is 0 Å². The Kier molecular flexibility index (Phi) is 7.22. The highest BCUT2D eigenvalue weighted by Gasteiger charge is 2.74. The van der Waals surface area contributed by atoms with Gasteiger partial charge < -0.3 is 24.5 Å². The zero-order valence-electron chi connectivity index (χ0n) is 23.5. The van der Waals surface area contributed by atoms with Crippen molar-refractivity contribution >= 4 is 17.7 Å². The summed E-state index contributed by atoms with van der Waals surface area (Å²) in [5, 5.41) is 9.26. The first kappa shape index (κ1) is 27.6. The predicted molar refractivity (Wildman–Crippen MR) is 147 cm³/mol. The Hall–Kier alpha value is -2.97. The van der Waals surface area contributed by atoms with Crippen LogP contribution in [-0.4, -0.2) is 86.6 Å². The first-order valence-corrected chi connectivity index (χ1v) is 14.1. The van der Waals surface area contributed by atoms with Crippen molar-refractivity contribution in [3.63, 3.8) is 0 Å². The number of amides is 3. The third-order valence-electron chi connectivity index (χ3n) is 8.72. The maximum atomic E-state index is 14.3. The van der Waals surface area contributed by atoms with E-state index in [9.17, 15) is 19.5 Å². The molecule has 2 saturated heterocycles. The maximum Gasteiger partial charge on any atom is 0.249 e. The number of benzene rings is 1. The van der Waals surface area contributed by atoms with Crippen molar-refractivity contribution in [2.24, 2.45) is 11.8 Å². The van der Waals surface area contributed by atoms with Crippen LogP contribution in [0.4, 0.5) is 0 Å². The molecular formula is C31H41N3O5. The van der Waals surface area contributed by atoms with Gasteiger partial charge in [-0.3, -0.25) is 14.4 Å². The summed E-state index contributed by atoms with van der Waals surface area (Å²) < 4.78 is 6.89. The van der Waals surface area contributed by atoms with Crippen LogP contribution in [0.15, 0.2) is 54.6 Å². The van der Waals surface area contributed by atoms with E-state index < -0.39 is 34.6 Å². The third-order valence-corrected chi connectivity index (χ3v) is 8.72. The standard InChI is InChI=1S/C31H41N3O5/c1-29(2,3)34-19-12-16-31-24(27(37)33(25(31)28(34)38)18-9-6-10-20-35)23-26(36)32(17-11-15-30(23,4)39-31)21-22-13-7-5-8-14-22/h5,7-8,11-16,23-25,35H,6,9-10,17-21H2,1-4H3/t23-,24+,25?,30+,31+/m1/s1. The fraction of sp³-hybridized carbons (Fsp3) is 0.581. The summed E-state index contributed by atoms with van der Waals surface area (Å²) in [5.41, 5.74) is -1.69. The minimum atomic E-state index is -1.24. The van der Waals surface area contributed by atoms with Gasteiger partial charge in [-0.25, -0.2) is 0 Å². The number of nitrogens with zero attached hydrogens (tertiary/aromatic N) is 3. The fourth-order valence-corrected chi connectivity index (χ4v) is 6.93. The number of aliphatic hydroxyl groups excluding tert-OH is 1. The first-order valence-electron chi connectivity index (χ1n) is 14.1. The van der Waals surface area contributed by atoms with Crippen molar-refractivity contribution in [1.29, 1.82) is 0 Å². The molecule has 8 nitrogen and oxygen atoms in total. The molecule has 5 rings (SSSR count). The van der Waals surface area contributed by atoms with E-state index in [1.165, 1.54) is 0 Å². The smallest absolute Gasteiger partial charge is 0.249 e. The minimum Gasteiger partial charge on any atom is -0.396 e. The van der Waals surface area contributed by atoms with Crippen molar-refractivity contribution in [2.75, 3.05) is 26.2 Å². The molecule has 1 spiro atoms. The van der Waals surface area contributed by atoms with Gasteiger partial charge in [-0.1, -0.05) is 54.6 Å². The average molecular weight is 536 g/mol. The lowest BCUT2D eigenvalue weighted by Crippen LogP contribution is -2.59. The number of ether oxygens (including phenoxy) is 1. The lowest BCUT2D eigenvalue weighted by atomic mass is 9.74. The predicted octanol–water partition coefficient (Wildman–Crippen LogP) is 2.92. The summed E-state index contributed by atoms with van der Waals surface area (Å²) in [6.07, 6.45) is 9.75. The Labute approximate surface area is 231 Å². The van der Waals surface area contributed by atoms with E-state index in [4.69, 9.17) is 4.74 Å². The summed E-state index contributed by atoms with van der Waals surface area (Å²) in [5.74, 6) is -2.03. The largest absolute Gasteiger partial charge is 0.396 e. The van der Waals surface area contributed by atoms with Crippen molar-refractivity contribution in [3.8, 4) is 0 Å². The molecule has 4 heterocycles. The molecule has 1 aromatic rings. The summed E-state index contributed by atoms with van der Waals surface area (Å²) in [6.45, 7) is 9.60. The van der Waals surface area contributed by atoms with Crippen LogP contribution < -0.4 is 0 Å². The Bertz CT molecular complexity index is 1170. The molecule has 0 aromatic heterocycles. The summed E-state index contributed by atoms with van der Waals surface area (Å²) >= 11 is 0. The van der Waals surface area contributed by atoms with E-state index in [1.54, 1.807) is 14.7 Å². The van der Waals surface area contributed by atoms with Crippen molar-refractivity contribution < 1.29 is 24.2 Å². The zero-order valence-corrected chi connectivity index (χ0v) is 23.5. The van der Waals surface area contributed by atoms with E-state index in [-0.39, 0.29) is 24.3 Å². The zero-order chi connectivity index (χ0) is 28.0. The van der Waals surface area contributed by atoms with Gasteiger partial charge in [0.1, 0.15) is 11.6 Å². The topological polar surface area (TPSA) is 90.4 Å². The van der Waals surface area contributed by atoms with E-state index in [2.05, 4.69) is 0 Å². The van der Waals surface area contributed by atoms with Crippen LogP contribution in [0.2, 0.25) is 0 Å². The van der Waals surface area contributed by atoms with Crippen LogP contribution in [0.5, 0.6) is 0 Å². The molecule has 0 radical (unpaired) electrons. The molecule has 4 aliphatic heterocycles. The van der Waals surface area contributed by atoms with Gasteiger partial charge in [0.05, 0.1) is 17.4 Å². The molecule has 4 aliphatic rings. The van der Waals surface area contributed by atoms with E-state index in [0.717, 1.165) is 12.0 Å². The molecular weight excluding hydrogens is 494 g/mol. The Morgan fingerprint density at radius 3 is 2.33 bits per heavy atom. The Morgan fingerprint density at radius 1 is 0.923 bits per heavy atom. The molecule has 1 unspecified atom stereocenters. The quantitative estimate of drug-likeness (QED) is 0.428. The highest BCUT2D eigenvalue weighted by molar-refractivity contribution is 6.00. The lowest BCUT2D eigenvalue weighted by molar-refractivity contribution is -0.155. The van der Waals surface area contributed by atoms with E-state index >= 15 is 0 Å². The Morgan fingerprint density at radius 2 is 1.64 bits per heavy atom. The molecule has 0 aliphatic carbocycles. The monoisotopic (exact) mass is 535 g/mol. The normalized spacial score (nSPS) is 32.3. The minimum absolute atomic E-state index is 0.0883. The number of hydrogen-bond donors (Lipinski definition) is 1. The number of carbonyl (C=O) groups excluding carboxylic acids is 3. The molecule has 1 aromatic carbocycles. The molecule has 8 heteroatoms. The van der Waals surface area contributed by atoms with E-state index in [0.29, 0.717) is 39.0 Å². The lowest BCUT2D eigenvalue weighted by Gasteiger charge is -2.41. The molecule has 0 saturated carbocycles. The van der Waals surface area contributed by atoms with Crippen LogP contribution in [-0.2, 0) is 25.7 Å². The van der Waals surface area contributed by atoms with Crippen LogP contribution in [0.25, 0.3) is 0 Å². The second kappa shape index (κ2) is 10.2. The van der Waals surface area contributed by atoms with Crippen LogP contribution in [0.1, 0.15) is 52.5 Å². The number of carbonyl (C=O) groups is 3. The van der Waals surface area contributed by atoms with Gasteiger partial charge in [-0.05, 0) is 52.5 Å². The molecule has 210 valence electrons. The van der Waals surface area contributed by atoms with Crippen molar-refractivity contribution in [2.45, 2.75) is 76.3 Å². The van der Waals surface area contributed by atoms with Crippen molar-refractivity contribution in [3.05, 3.63) is 60.2 Å². The van der Waals surface area contributed by atoms with Crippen molar-refractivity contribution in [1.82, 2.24) is 14.7 Å². The number of hydrogen-bond acceptors (Lipinski definition) is 5. The second-order valence-electron chi connectivity index (χ2n) is 12.4. The molecule has 39 heavy (non-hydrogen) atoms. The summed E-state index contributed by atoms with van der Waals surface area (Å²) in [4.78, 5) is 48.2. The number of rotatable bonds is 7. The van der Waals surface area contributed by atoms with Crippen LogP contribution in [0.3, 0.4) is 0 Å². The van der Waals surface area contributed by atoms with Crippen LogP contribution >= 0.6 is 0 Å². The SMILES string of the molecule is CC(C)(C)N1CC=C[C@]23O[C@@]4(C)C=CCN(Cc5ccccc5)C(=O)[C@H]4[C@H]2C(=O)N(CCCCCO)C3C1=O. The summed E-state index contributed by atoms with van der Waals surface area (Å²) in [7, 11) is 0. The second-order valence-corrected chi connectivity index (χ2v) is 12.4. The fourth-order valence-electron chi connectivity index (χ4n) is 6.93. The molecule has 0 bridgehead atoms. The van der Waals surface area contributed by atoms with E-state index in [1.807, 2.05) is 82.3 Å². The van der Waals surface area contributed by atoms with Gasteiger partial charge in [0.25, 0.3) is 0 Å². The van der Waals surface area contributed by atoms with Gasteiger partial charge >= 0.3 is 0 Å². The molecule has 1 N–H and O–H groups in total. The van der Waals surface area contributed by atoms with Gasteiger partial charge in [-0.15, -0.1) is 0 Å². The van der Waals surface area contributed by atoms with Gasteiger partial charge in [0, 0.05) is 38.3 Å². The molecule has 5 atom stereocenters. The average Bonchev–Trinajstić information content (AvgIpc) is 3.14. The van der Waals surface area contributed by atoms with Crippen LogP contribution in [0, 0.1) is 11.8 Å². The number of fused-ring (bicyclic) bond motifs is 2. The molecule has 2 fully saturated rings. The maximum absolute atomic E-state index is 14.3. The highest BCUT2D eigenvalue weighted by Crippen LogP contribution is 2.57. The highest BCUT2D eigenvalue weighted by atomic mass is 16.5. The first-order chi connectivity index (χ1) is 18.5. The van der Waals surface area contributed by atoms with Gasteiger partial charge in [0.15, 0.2) is 0 Å². The number of likely N-dealkylation sites (tertiary alicyclic amines) is 1. The number of aliphatic hydroxyl groups is 1. The Balaban J connectivity index is 1.56. The van der Waals surface area contributed by atoms with Gasteiger partial charge in [0.2, 0.25) is 17.7 Å². The summed E-state index contributed by atoms with van der Waals surface area (Å²) in [6, 6.07) is 8.98. The third kappa shape index (κ3) is 4.61. The molecule has 3 amide bonds. The number of unbranched alkanes of at least 4 members (excludes halogenated alkanes) is 2.